The van der Waals surface area contributed by atoms with Crippen LogP contribution >= 0.6 is 0 Å². The summed E-state index contributed by atoms with van der Waals surface area (Å²) >= 11 is 0. The molecular weight excluding hydrogens is 444 g/mol. The van der Waals surface area contributed by atoms with E-state index in [0.29, 0.717) is 0 Å². The minimum Gasteiger partial charge on any atom is -0.397 e. The second-order valence-electron chi connectivity index (χ2n) is 2.62. The average Bonchev–Trinajstić information content (AvgIpc) is 2.72. The smallest absolute Gasteiger partial charge is 0.397 e. The summed E-state index contributed by atoms with van der Waals surface area (Å²) in [4.78, 5) is 0. The zero-order chi connectivity index (χ0) is 15.0. The van der Waals surface area contributed by atoms with Gasteiger partial charge in [-0.3, -0.25) is 0 Å². The molecule has 0 atom stereocenters. The minimum absolute atomic E-state index is 0. The zero-order valence-corrected chi connectivity index (χ0v) is 16.0. The van der Waals surface area contributed by atoms with Gasteiger partial charge in [0.15, 0.2) is 0 Å². The van der Waals surface area contributed by atoms with Crippen LogP contribution in [0.4, 0.5) is 12.3 Å². The van der Waals surface area contributed by atoms with E-state index in [2.05, 4.69) is 0 Å². The third-order valence-corrected chi connectivity index (χ3v) is 1.98. The second kappa shape index (κ2) is 20.4. The molecule has 3 N–H and O–H groups in total. The molecule has 0 aromatic heterocycles. The third kappa shape index (κ3) is 27.3. The first kappa shape index (κ1) is 27.4. The summed E-state index contributed by atoms with van der Waals surface area (Å²) in [5.74, 6) is 0. The van der Waals surface area contributed by atoms with Crippen LogP contribution in [0.3, 0.4) is 0 Å². The fraction of sp³-hybridized carbons (Fsp3) is 0.545. The molecule has 0 fully saturated rings. The molecule has 3 nitrogen and oxygen atoms in total. The van der Waals surface area contributed by atoms with Gasteiger partial charge in [-0.05, 0) is 20.8 Å². The molecule has 0 saturated carbocycles. The van der Waals surface area contributed by atoms with E-state index < -0.39 is 14.3 Å². The van der Waals surface area contributed by atoms with Gasteiger partial charge in [0, 0.05) is 45.7 Å². The first-order chi connectivity index (χ1) is 8.35. The summed E-state index contributed by atoms with van der Waals surface area (Å²) in [5, 5.41) is 22.3. The molecule has 0 bridgehead atoms. The molecular formula is C11H22F3HfO3Si-. The Kier molecular flexibility index (Phi) is 29.5. The van der Waals surface area contributed by atoms with Gasteiger partial charge in [0.1, 0.15) is 0 Å². The van der Waals surface area contributed by atoms with Crippen molar-refractivity contribution in [2.75, 3.05) is 19.8 Å². The van der Waals surface area contributed by atoms with Gasteiger partial charge < -0.3 is 15.3 Å². The first-order valence-electron chi connectivity index (χ1n) is 5.46. The fourth-order valence-corrected chi connectivity index (χ4v) is 1.13. The van der Waals surface area contributed by atoms with Crippen LogP contribution in [0, 0.1) is 0 Å². The monoisotopic (exact) mass is 467 g/mol. The van der Waals surface area contributed by atoms with Crippen molar-refractivity contribution >= 4 is 14.3 Å². The molecule has 0 unspecified atom stereocenters. The largest absolute Gasteiger partial charge is 0.584 e. The predicted molar refractivity (Wildman–Crippen MR) is 69.0 cm³/mol. The Morgan fingerprint density at radius 1 is 0.842 bits per heavy atom. The Bertz CT molecular complexity index is 227. The van der Waals surface area contributed by atoms with E-state index in [0.717, 1.165) is 12.1 Å². The summed E-state index contributed by atoms with van der Waals surface area (Å²) in [7, 11) is -5.48. The zero-order valence-electron chi connectivity index (χ0n) is 11.4. The quantitative estimate of drug-likeness (QED) is 0.334. The fourth-order valence-electron chi connectivity index (χ4n) is 0.563. The Morgan fingerprint density at radius 2 is 1.05 bits per heavy atom. The van der Waals surface area contributed by atoms with E-state index in [1.54, 1.807) is 20.8 Å². The molecule has 0 radical (unpaired) electrons. The van der Waals surface area contributed by atoms with E-state index in [4.69, 9.17) is 15.3 Å². The van der Waals surface area contributed by atoms with Gasteiger partial charge in [0.2, 0.25) is 0 Å². The predicted octanol–water partition coefficient (Wildman–Crippen LogP) is 1.45. The Hall–Kier alpha value is 0.107. The maximum Gasteiger partial charge on any atom is 0.584 e. The van der Waals surface area contributed by atoms with Crippen molar-refractivity contribution in [3.05, 3.63) is 24.3 Å². The molecule has 0 heterocycles. The molecule has 19 heavy (non-hydrogen) atoms. The van der Waals surface area contributed by atoms with Gasteiger partial charge in [0.25, 0.3) is 0 Å². The van der Waals surface area contributed by atoms with Crippen molar-refractivity contribution in [1.82, 2.24) is 0 Å². The van der Waals surface area contributed by atoms with Gasteiger partial charge in [-0.1, -0.05) is 5.19 Å². The summed E-state index contributed by atoms with van der Waals surface area (Å²) < 4.78 is 35.3. The van der Waals surface area contributed by atoms with Gasteiger partial charge in [-0.2, -0.15) is 12.1 Å². The van der Waals surface area contributed by atoms with Crippen molar-refractivity contribution < 1.29 is 53.5 Å². The summed E-state index contributed by atoms with van der Waals surface area (Å²) in [6.45, 7) is 5.79. The van der Waals surface area contributed by atoms with E-state index in [9.17, 15) is 12.3 Å². The van der Waals surface area contributed by atoms with Crippen molar-refractivity contribution in [2.24, 2.45) is 0 Å². The van der Waals surface area contributed by atoms with Crippen molar-refractivity contribution in [3.8, 4) is 0 Å². The maximum absolute atomic E-state index is 11.8. The van der Waals surface area contributed by atoms with Crippen molar-refractivity contribution in [2.45, 2.75) is 20.8 Å². The number of aliphatic hydroxyl groups excluding tert-OH is 3. The van der Waals surface area contributed by atoms with Gasteiger partial charge in [-0.25, -0.2) is 24.5 Å². The number of rotatable bonds is 1. The van der Waals surface area contributed by atoms with Crippen LogP contribution in [0.25, 0.3) is 0 Å². The number of halogens is 3. The first-order valence-corrected chi connectivity index (χ1v) is 7.10. The SMILES string of the molecule is CCO.CCO.CCO.F[Si](F)(F)[c-]1cccc1.[Hf]. The Balaban J connectivity index is -0.0000000956. The van der Waals surface area contributed by atoms with E-state index in [1.807, 2.05) is 0 Å². The van der Waals surface area contributed by atoms with Crippen LogP contribution < -0.4 is 5.19 Å². The number of hydrogen-bond donors (Lipinski definition) is 3. The van der Waals surface area contributed by atoms with Crippen LogP contribution in [-0.2, 0) is 25.8 Å². The number of aliphatic hydroxyl groups is 3. The summed E-state index contributed by atoms with van der Waals surface area (Å²) in [6, 6.07) is 5.00. The standard InChI is InChI=1S/C5H4F3Si.3C2H6O.Hf/c6-9(7,8)5-3-1-2-4-5;3*1-2-3;/h1-4H;3*3H,2H2,1H3;/q-1;;;;. The molecule has 1 rings (SSSR count). The van der Waals surface area contributed by atoms with Gasteiger partial charge in [-0.15, -0.1) is 0 Å². The Morgan fingerprint density at radius 3 is 1.16 bits per heavy atom. The number of hydrogen-bond acceptors (Lipinski definition) is 3. The maximum atomic E-state index is 11.8. The van der Waals surface area contributed by atoms with Crippen LogP contribution in [-0.4, -0.2) is 44.2 Å². The minimum atomic E-state index is -5.48. The van der Waals surface area contributed by atoms with Crippen molar-refractivity contribution in [1.29, 1.82) is 0 Å². The van der Waals surface area contributed by atoms with Crippen LogP contribution in [0.15, 0.2) is 24.3 Å². The Labute approximate surface area is 132 Å². The second-order valence-corrected chi connectivity index (χ2v) is 4.19. The molecule has 8 heteroatoms. The van der Waals surface area contributed by atoms with E-state index in [-0.39, 0.29) is 45.7 Å². The van der Waals surface area contributed by atoms with Gasteiger partial charge >= 0.3 is 9.08 Å². The van der Waals surface area contributed by atoms with E-state index >= 15 is 0 Å². The summed E-state index contributed by atoms with van der Waals surface area (Å²) in [6.07, 6.45) is 0. The molecule has 0 amide bonds. The molecule has 1 aromatic carbocycles. The van der Waals surface area contributed by atoms with Crippen LogP contribution in [0.2, 0.25) is 0 Å². The molecule has 1 aromatic rings. The molecule has 0 aliphatic carbocycles. The van der Waals surface area contributed by atoms with Crippen LogP contribution in [0.5, 0.6) is 0 Å². The van der Waals surface area contributed by atoms with E-state index in [1.165, 1.54) is 12.1 Å². The molecule has 0 aliphatic rings. The van der Waals surface area contributed by atoms with Gasteiger partial charge in [0.05, 0.1) is 0 Å². The average molecular weight is 466 g/mol. The van der Waals surface area contributed by atoms with Crippen molar-refractivity contribution in [3.63, 3.8) is 0 Å². The topological polar surface area (TPSA) is 60.7 Å². The van der Waals surface area contributed by atoms with Crippen LogP contribution in [0.1, 0.15) is 20.8 Å². The molecule has 0 saturated heterocycles. The third-order valence-electron chi connectivity index (χ3n) is 0.990. The molecule has 0 aliphatic heterocycles. The normalized spacial score (nSPS) is 8.47. The summed E-state index contributed by atoms with van der Waals surface area (Å²) in [5.41, 5.74) is 0. The molecule has 114 valence electrons. The molecule has 0 spiro atoms.